The number of hydrogen-bond donors (Lipinski definition) is 1. The fourth-order valence-corrected chi connectivity index (χ4v) is 6.45. The summed E-state index contributed by atoms with van der Waals surface area (Å²) in [5.41, 5.74) is 1.52. The van der Waals surface area contributed by atoms with Crippen LogP contribution in [0.25, 0.3) is 0 Å². The summed E-state index contributed by atoms with van der Waals surface area (Å²) in [7, 11) is -4.31. The Labute approximate surface area is 236 Å². The monoisotopic (exact) mass is 565 g/mol. The lowest BCUT2D eigenvalue weighted by molar-refractivity contribution is -0.139. The van der Waals surface area contributed by atoms with Crippen molar-refractivity contribution in [1.82, 2.24) is 10.2 Å². The van der Waals surface area contributed by atoms with Crippen molar-refractivity contribution in [3.63, 3.8) is 0 Å². The molecule has 0 aromatic heterocycles. The molecule has 2 amide bonds. The Morgan fingerprint density at radius 3 is 2.23 bits per heavy atom. The number of rotatable bonds is 10. The molecule has 0 aliphatic heterocycles. The van der Waals surface area contributed by atoms with Gasteiger partial charge in [-0.25, -0.2) is 12.8 Å². The first-order chi connectivity index (χ1) is 19.2. The molecule has 3 aromatic carbocycles. The van der Waals surface area contributed by atoms with Crippen molar-refractivity contribution in [3.8, 4) is 0 Å². The molecule has 0 unspecified atom stereocenters. The van der Waals surface area contributed by atoms with Gasteiger partial charge in [0, 0.05) is 12.6 Å². The largest absolute Gasteiger partial charge is 0.352 e. The van der Waals surface area contributed by atoms with Crippen LogP contribution in [-0.4, -0.2) is 43.8 Å². The number of carbonyl (C=O) groups excluding carboxylic acids is 2. The van der Waals surface area contributed by atoms with Crippen molar-refractivity contribution in [2.75, 3.05) is 10.8 Å². The fourth-order valence-electron chi connectivity index (χ4n) is 5.01. The number of sulfonamides is 1. The number of nitrogens with one attached hydrogen (secondary N) is 1. The van der Waals surface area contributed by atoms with E-state index in [1.54, 1.807) is 25.1 Å². The molecule has 1 fully saturated rings. The molecule has 0 radical (unpaired) electrons. The number of aryl methyl sites for hydroxylation is 1. The van der Waals surface area contributed by atoms with Crippen LogP contribution in [0.3, 0.4) is 0 Å². The molecule has 0 heterocycles. The van der Waals surface area contributed by atoms with Crippen molar-refractivity contribution < 1.29 is 22.4 Å². The van der Waals surface area contributed by atoms with E-state index < -0.39 is 34.3 Å². The van der Waals surface area contributed by atoms with Crippen molar-refractivity contribution in [3.05, 3.63) is 95.8 Å². The molecular formula is C31H36FN3O4S. The maximum absolute atomic E-state index is 15.0. The van der Waals surface area contributed by atoms with E-state index in [4.69, 9.17) is 0 Å². The summed E-state index contributed by atoms with van der Waals surface area (Å²) in [5, 5.41) is 3.08. The van der Waals surface area contributed by atoms with Gasteiger partial charge in [0.1, 0.15) is 18.4 Å². The zero-order valence-corrected chi connectivity index (χ0v) is 23.7. The number of anilines is 1. The normalized spacial score (nSPS) is 14.8. The maximum atomic E-state index is 15.0. The summed E-state index contributed by atoms with van der Waals surface area (Å²) < 4.78 is 43.2. The van der Waals surface area contributed by atoms with Crippen LogP contribution in [0.4, 0.5) is 10.1 Å². The van der Waals surface area contributed by atoms with Crippen molar-refractivity contribution in [2.45, 2.75) is 69.5 Å². The first-order valence-corrected chi connectivity index (χ1v) is 15.1. The minimum atomic E-state index is -4.31. The lowest BCUT2D eigenvalue weighted by Crippen LogP contribution is -2.53. The Bertz CT molecular complexity index is 1430. The van der Waals surface area contributed by atoms with E-state index in [1.807, 2.05) is 31.2 Å². The smallest absolute Gasteiger partial charge is 0.264 e. The van der Waals surface area contributed by atoms with Gasteiger partial charge in [-0.15, -0.1) is 0 Å². The summed E-state index contributed by atoms with van der Waals surface area (Å²) >= 11 is 0. The summed E-state index contributed by atoms with van der Waals surface area (Å²) in [4.78, 5) is 28.7. The third-order valence-electron chi connectivity index (χ3n) is 7.45. The van der Waals surface area contributed by atoms with Crippen LogP contribution in [-0.2, 0) is 26.2 Å². The molecule has 1 saturated carbocycles. The van der Waals surface area contributed by atoms with Crippen molar-refractivity contribution in [1.29, 1.82) is 0 Å². The highest BCUT2D eigenvalue weighted by Gasteiger charge is 2.34. The number of carbonyl (C=O) groups is 2. The van der Waals surface area contributed by atoms with Crippen LogP contribution >= 0.6 is 0 Å². The van der Waals surface area contributed by atoms with Gasteiger partial charge in [-0.05, 0) is 62.1 Å². The minimum Gasteiger partial charge on any atom is -0.352 e. The van der Waals surface area contributed by atoms with E-state index in [1.165, 1.54) is 35.2 Å². The number of nitrogens with zero attached hydrogens (tertiary/aromatic N) is 2. The zero-order chi connectivity index (χ0) is 28.7. The molecule has 9 heteroatoms. The number of hydrogen-bond acceptors (Lipinski definition) is 4. The van der Waals surface area contributed by atoms with E-state index in [-0.39, 0.29) is 29.1 Å². The third kappa shape index (κ3) is 6.88. The predicted octanol–water partition coefficient (Wildman–Crippen LogP) is 5.20. The summed E-state index contributed by atoms with van der Waals surface area (Å²) in [6.07, 6.45) is 5.00. The molecule has 0 spiro atoms. The van der Waals surface area contributed by atoms with E-state index in [0.717, 1.165) is 53.6 Å². The molecule has 40 heavy (non-hydrogen) atoms. The summed E-state index contributed by atoms with van der Waals surface area (Å²) in [6, 6.07) is 19.7. The Kier molecular flexibility index (Phi) is 9.58. The average Bonchev–Trinajstić information content (AvgIpc) is 2.96. The van der Waals surface area contributed by atoms with Gasteiger partial charge < -0.3 is 10.2 Å². The Balaban J connectivity index is 1.68. The second-order valence-corrected chi connectivity index (χ2v) is 12.1. The van der Waals surface area contributed by atoms with Gasteiger partial charge in [-0.3, -0.25) is 13.9 Å². The third-order valence-corrected chi connectivity index (χ3v) is 9.23. The standard InChI is InChI=1S/C31H36FN3O4S/c1-23-13-9-10-14-25(23)21-34(24(2)31(37)33-26-15-5-3-6-16-26)30(36)22-35(29-20-12-11-19-28(29)32)40(38,39)27-17-7-4-8-18-27/h4,7-14,17-20,24,26H,3,5-6,15-16,21-22H2,1-2H3,(H,33,37)/t24-/m0/s1. The Morgan fingerprint density at radius 2 is 1.55 bits per heavy atom. The highest BCUT2D eigenvalue weighted by Crippen LogP contribution is 2.27. The number of amides is 2. The second-order valence-electron chi connectivity index (χ2n) is 10.2. The van der Waals surface area contributed by atoms with Gasteiger partial charge in [-0.1, -0.05) is 73.9 Å². The molecule has 0 saturated heterocycles. The fraction of sp³-hybridized carbons (Fsp3) is 0.355. The van der Waals surface area contributed by atoms with E-state index in [2.05, 4.69) is 5.32 Å². The molecule has 7 nitrogen and oxygen atoms in total. The van der Waals surface area contributed by atoms with Crippen LogP contribution in [0.5, 0.6) is 0 Å². The van der Waals surface area contributed by atoms with E-state index in [0.29, 0.717) is 0 Å². The second kappa shape index (κ2) is 13.1. The lowest BCUT2D eigenvalue weighted by Gasteiger charge is -2.33. The minimum absolute atomic E-state index is 0.0486. The van der Waals surface area contributed by atoms with Gasteiger partial charge in [0.25, 0.3) is 10.0 Å². The molecule has 4 rings (SSSR count). The van der Waals surface area contributed by atoms with Crippen LogP contribution in [0, 0.1) is 12.7 Å². The average molecular weight is 566 g/mol. The van der Waals surface area contributed by atoms with Crippen molar-refractivity contribution in [2.24, 2.45) is 0 Å². The Hall–Kier alpha value is -3.72. The molecular weight excluding hydrogens is 529 g/mol. The summed E-state index contributed by atoms with van der Waals surface area (Å²) in [5.74, 6) is -1.68. The quantitative estimate of drug-likeness (QED) is 0.366. The molecule has 3 aromatic rings. The summed E-state index contributed by atoms with van der Waals surface area (Å²) in [6.45, 7) is 2.98. The highest BCUT2D eigenvalue weighted by atomic mass is 32.2. The number of para-hydroxylation sites is 1. The van der Waals surface area contributed by atoms with Crippen LogP contribution in [0.15, 0.2) is 83.8 Å². The topological polar surface area (TPSA) is 86.8 Å². The molecule has 1 atom stereocenters. The first-order valence-electron chi connectivity index (χ1n) is 13.6. The van der Waals surface area contributed by atoms with Gasteiger partial charge >= 0.3 is 0 Å². The van der Waals surface area contributed by atoms with Gasteiger partial charge in [0.15, 0.2) is 0 Å². The molecule has 1 N–H and O–H groups in total. The predicted molar refractivity (Wildman–Crippen MR) is 154 cm³/mol. The van der Waals surface area contributed by atoms with Gasteiger partial charge in [0.05, 0.1) is 10.6 Å². The maximum Gasteiger partial charge on any atom is 0.264 e. The zero-order valence-electron chi connectivity index (χ0n) is 22.9. The van der Waals surface area contributed by atoms with E-state index in [9.17, 15) is 22.4 Å². The highest BCUT2D eigenvalue weighted by molar-refractivity contribution is 7.92. The lowest BCUT2D eigenvalue weighted by atomic mass is 9.95. The first kappa shape index (κ1) is 29.3. The van der Waals surface area contributed by atoms with Crippen LogP contribution in [0.2, 0.25) is 0 Å². The van der Waals surface area contributed by atoms with Crippen LogP contribution < -0.4 is 9.62 Å². The molecule has 1 aliphatic rings. The number of benzene rings is 3. The molecule has 1 aliphatic carbocycles. The molecule has 212 valence electrons. The van der Waals surface area contributed by atoms with Gasteiger partial charge in [-0.2, -0.15) is 0 Å². The van der Waals surface area contributed by atoms with Crippen LogP contribution in [0.1, 0.15) is 50.2 Å². The Morgan fingerprint density at radius 1 is 0.925 bits per heavy atom. The number of halogens is 1. The SMILES string of the molecule is Cc1ccccc1CN(C(=O)CN(c1ccccc1F)S(=O)(=O)c1ccccc1)[C@@H](C)C(=O)NC1CCCCC1. The van der Waals surface area contributed by atoms with Gasteiger partial charge in [0.2, 0.25) is 11.8 Å². The molecule has 0 bridgehead atoms. The van der Waals surface area contributed by atoms with Crippen molar-refractivity contribution >= 4 is 27.5 Å². The van der Waals surface area contributed by atoms with E-state index >= 15 is 0 Å².